The lowest BCUT2D eigenvalue weighted by molar-refractivity contribution is -0.137. The Bertz CT molecular complexity index is 445. The third kappa shape index (κ3) is 6.44. The van der Waals surface area contributed by atoms with Crippen LogP contribution in [-0.4, -0.2) is 19.0 Å². The Labute approximate surface area is 134 Å². The molecule has 0 bridgehead atoms. The fraction of sp³-hybridized carbons (Fsp3) is 0.462. The molecule has 0 unspecified atom stereocenters. The average molecular weight is 401 g/mol. The monoisotopic (exact) mass is 401 g/mol. The van der Waals surface area contributed by atoms with Crippen LogP contribution >= 0.6 is 24.0 Å². The lowest BCUT2D eigenvalue weighted by Crippen LogP contribution is -2.40. The van der Waals surface area contributed by atoms with Crippen LogP contribution in [0.15, 0.2) is 29.3 Å². The van der Waals surface area contributed by atoms with Gasteiger partial charge in [0.1, 0.15) is 0 Å². The molecule has 0 fully saturated rings. The molecule has 0 aromatic heterocycles. The second-order valence-electron chi connectivity index (χ2n) is 4.42. The molecule has 114 valence electrons. The molecule has 0 spiro atoms. The van der Waals surface area contributed by atoms with Gasteiger partial charge in [0.05, 0.1) is 5.56 Å². The first-order valence-corrected chi connectivity index (χ1v) is 5.96. The number of halogens is 4. The van der Waals surface area contributed by atoms with E-state index in [-0.39, 0.29) is 36.6 Å². The van der Waals surface area contributed by atoms with E-state index in [1.807, 2.05) is 13.8 Å². The normalized spacial score (nSPS) is 12.1. The molecular weight excluding hydrogens is 382 g/mol. The summed E-state index contributed by atoms with van der Waals surface area (Å²) in [5.74, 6) is 0.562. The first-order valence-electron chi connectivity index (χ1n) is 5.96. The molecular formula is C13H19F3IN3. The highest BCUT2D eigenvalue weighted by Crippen LogP contribution is 2.29. The van der Waals surface area contributed by atoms with Gasteiger partial charge in [-0.1, -0.05) is 12.1 Å². The van der Waals surface area contributed by atoms with E-state index >= 15 is 0 Å². The molecule has 0 atom stereocenters. The first-order chi connectivity index (χ1) is 8.82. The number of benzene rings is 1. The van der Waals surface area contributed by atoms with Gasteiger partial charge in [-0.3, -0.25) is 4.99 Å². The molecule has 0 aliphatic carbocycles. The molecule has 0 saturated heterocycles. The van der Waals surface area contributed by atoms with E-state index in [1.165, 1.54) is 6.07 Å². The SMILES string of the molecule is CN=C(NCc1cccc(C(F)(F)F)c1)NC(C)C.I. The van der Waals surface area contributed by atoms with Gasteiger partial charge in [-0.25, -0.2) is 0 Å². The lowest BCUT2D eigenvalue weighted by atomic mass is 10.1. The maximum Gasteiger partial charge on any atom is 0.416 e. The maximum atomic E-state index is 12.5. The van der Waals surface area contributed by atoms with E-state index in [4.69, 9.17) is 0 Å². The van der Waals surface area contributed by atoms with Crippen LogP contribution in [0, 0.1) is 0 Å². The van der Waals surface area contributed by atoms with Crippen LogP contribution < -0.4 is 10.6 Å². The van der Waals surface area contributed by atoms with E-state index in [0.29, 0.717) is 11.5 Å². The highest BCUT2D eigenvalue weighted by Gasteiger charge is 2.30. The van der Waals surface area contributed by atoms with Gasteiger partial charge in [0, 0.05) is 19.6 Å². The number of rotatable bonds is 3. The van der Waals surface area contributed by atoms with Crippen molar-refractivity contribution >= 4 is 29.9 Å². The molecule has 1 aromatic rings. The van der Waals surface area contributed by atoms with Crippen molar-refractivity contribution in [1.29, 1.82) is 0 Å². The quantitative estimate of drug-likeness (QED) is 0.463. The largest absolute Gasteiger partial charge is 0.416 e. The Morgan fingerprint density at radius 3 is 2.45 bits per heavy atom. The van der Waals surface area contributed by atoms with Crippen LogP contribution in [0.2, 0.25) is 0 Å². The number of hydrogen-bond acceptors (Lipinski definition) is 1. The molecule has 2 N–H and O–H groups in total. The standard InChI is InChI=1S/C13H18F3N3.HI/c1-9(2)19-12(17-3)18-8-10-5-4-6-11(7-10)13(14,15)16;/h4-7,9H,8H2,1-3H3,(H2,17,18,19);1H. The number of guanidine groups is 1. The summed E-state index contributed by atoms with van der Waals surface area (Å²) in [6, 6.07) is 5.44. The molecule has 1 aromatic carbocycles. The third-order valence-electron chi connectivity index (χ3n) is 2.36. The Balaban J connectivity index is 0.00000361. The number of nitrogens with zero attached hydrogens (tertiary/aromatic N) is 1. The predicted octanol–water partition coefficient (Wildman–Crippen LogP) is 3.40. The molecule has 0 heterocycles. The van der Waals surface area contributed by atoms with Crippen molar-refractivity contribution < 1.29 is 13.2 Å². The number of hydrogen-bond donors (Lipinski definition) is 2. The van der Waals surface area contributed by atoms with Crippen molar-refractivity contribution in [2.45, 2.75) is 32.6 Å². The Morgan fingerprint density at radius 1 is 1.30 bits per heavy atom. The zero-order valence-electron chi connectivity index (χ0n) is 11.6. The third-order valence-corrected chi connectivity index (χ3v) is 2.36. The minimum atomic E-state index is -4.31. The van der Waals surface area contributed by atoms with E-state index in [2.05, 4.69) is 15.6 Å². The number of alkyl halides is 3. The minimum absolute atomic E-state index is 0. The number of nitrogens with one attached hydrogen (secondary N) is 2. The smallest absolute Gasteiger partial charge is 0.354 e. The van der Waals surface area contributed by atoms with Crippen molar-refractivity contribution in [2.75, 3.05) is 7.05 Å². The minimum Gasteiger partial charge on any atom is -0.354 e. The summed E-state index contributed by atoms with van der Waals surface area (Å²) in [4.78, 5) is 3.99. The molecule has 20 heavy (non-hydrogen) atoms. The number of aliphatic imine (C=N–C) groups is 1. The second kappa shape index (κ2) is 8.33. The summed E-state index contributed by atoms with van der Waals surface area (Å²) in [5, 5.41) is 6.03. The highest BCUT2D eigenvalue weighted by atomic mass is 127. The Morgan fingerprint density at radius 2 is 1.95 bits per heavy atom. The second-order valence-corrected chi connectivity index (χ2v) is 4.42. The fourth-order valence-corrected chi connectivity index (χ4v) is 1.51. The van der Waals surface area contributed by atoms with Gasteiger partial charge >= 0.3 is 6.18 Å². The van der Waals surface area contributed by atoms with Crippen LogP contribution in [0.3, 0.4) is 0 Å². The van der Waals surface area contributed by atoms with Gasteiger partial charge in [-0.05, 0) is 31.5 Å². The molecule has 0 amide bonds. The van der Waals surface area contributed by atoms with Gasteiger partial charge in [0.2, 0.25) is 0 Å². The Hall–Kier alpha value is -0.990. The zero-order valence-corrected chi connectivity index (χ0v) is 13.9. The van der Waals surface area contributed by atoms with Gasteiger partial charge in [-0.15, -0.1) is 24.0 Å². The lowest BCUT2D eigenvalue weighted by Gasteiger charge is -2.15. The van der Waals surface area contributed by atoms with Gasteiger partial charge in [-0.2, -0.15) is 13.2 Å². The summed E-state index contributed by atoms with van der Waals surface area (Å²) >= 11 is 0. The Kier molecular flexibility index (Phi) is 7.92. The van der Waals surface area contributed by atoms with Crippen LogP contribution in [0.5, 0.6) is 0 Å². The summed E-state index contributed by atoms with van der Waals surface area (Å²) in [6.07, 6.45) is -4.31. The zero-order chi connectivity index (χ0) is 14.5. The van der Waals surface area contributed by atoms with Crippen molar-refractivity contribution in [3.63, 3.8) is 0 Å². The fourth-order valence-electron chi connectivity index (χ4n) is 1.51. The van der Waals surface area contributed by atoms with Crippen molar-refractivity contribution in [1.82, 2.24) is 10.6 Å². The van der Waals surface area contributed by atoms with E-state index in [9.17, 15) is 13.2 Å². The van der Waals surface area contributed by atoms with Crippen LogP contribution in [0.25, 0.3) is 0 Å². The highest BCUT2D eigenvalue weighted by molar-refractivity contribution is 14.0. The van der Waals surface area contributed by atoms with Crippen molar-refractivity contribution in [2.24, 2.45) is 4.99 Å². The predicted molar refractivity (Wildman–Crippen MR) is 85.3 cm³/mol. The molecule has 3 nitrogen and oxygen atoms in total. The molecule has 0 aliphatic rings. The average Bonchev–Trinajstić information content (AvgIpc) is 2.33. The summed E-state index contributed by atoms with van der Waals surface area (Å²) in [5.41, 5.74) is -0.0832. The molecule has 1 rings (SSSR count). The summed E-state index contributed by atoms with van der Waals surface area (Å²) in [7, 11) is 1.61. The summed E-state index contributed by atoms with van der Waals surface area (Å²) < 4.78 is 37.6. The molecule has 0 aliphatic heterocycles. The van der Waals surface area contributed by atoms with Crippen LogP contribution in [0.1, 0.15) is 25.0 Å². The van der Waals surface area contributed by atoms with Gasteiger partial charge in [0.15, 0.2) is 5.96 Å². The van der Waals surface area contributed by atoms with E-state index < -0.39 is 11.7 Å². The first kappa shape index (κ1) is 19.0. The molecule has 0 saturated carbocycles. The topological polar surface area (TPSA) is 36.4 Å². The van der Waals surface area contributed by atoms with E-state index in [1.54, 1.807) is 13.1 Å². The van der Waals surface area contributed by atoms with Crippen molar-refractivity contribution in [3.8, 4) is 0 Å². The van der Waals surface area contributed by atoms with Crippen LogP contribution in [0.4, 0.5) is 13.2 Å². The summed E-state index contributed by atoms with van der Waals surface area (Å²) in [6.45, 7) is 4.20. The van der Waals surface area contributed by atoms with Crippen molar-refractivity contribution in [3.05, 3.63) is 35.4 Å². The van der Waals surface area contributed by atoms with Crippen LogP contribution in [-0.2, 0) is 12.7 Å². The molecule has 0 radical (unpaired) electrons. The molecule has 7 heteroatoms. The maximum absolute atomic E-state index is 12.5. The van der Waals surface area contributed by atoms with Gasteiger partial charge in [0.25, 0.3) is 0 Å². The van der Waals surface area contributed by atoms with Gasteiger partial charge < -0.3 is 10.6 Å². The van der Waals surface area contributed by atoms with E-state index in [0.717, 1.165) is 12.1 Å².